The predicted molar refractivity (Wildman–Crippen MR) is 61.4 cm³/mol. The lowest BCUT2D eigenvalue weighted by Gasteiger charge is -2.22. The van der Waals surface area contributed by atoms with Crippen LogP contribution < -0.4 is 0 Å². The van der Waals surface area contributed by atoms with Crippen molar-refractivity contribution in [2.45, 2.75) is 51.0 Å². The van der Waals surface area contributed by atoms with E-state index in [1.165, 1.54) is 12.8 Å². The van der Waals surface area contributed by atoms with E-state index >= 15 is 0 Å². The third-order valence-electron chi connectivity index (χ3n) is 3.62. The molecule has 0 aromatic heterocycles. The number of hydrogen-bond donors (Lipinski definition) is 0. The first-order chi connectivity index (χ1) is 7.86. The van der Waals surface area contributed by atoms with Gasteiger partial charge in [0.05, 0.1) is 12.7 Å². The van der Waals surface area contributed by atoms with Gasteiger partial charge in [-0.05, 0) is 38.5 Å². The molecule has 0 spiro atoms. The summed E-state index contributed by atoms with van der Waals surface area (Å²) in [7, 11) is 0. The Kier molecular flexibility index (Phi) is 4.79. The van der Waals surface area contributed by atoms with Crippen LogP contribution in [0.15, 0.2) is 0 Å². The molecular weight excluding hydrogens is 204 g/mol. The molecule has 0 amide bonds. The molecule has 1 aliphatic carbocycles. The molecule has 92 valence electrons. The van der Waals surface area contributed by atoms with Crippen LogP contribution in [0.5, 0.6) is 0 Å². The van der Waals surface area contributed by atoms with Crippen LogP contribution in [0.1, 0.15) is 44.9 Å². The molecule has 1 saturated carbocycles. The number of carbonyl (C=O) groups is 1. The molecule has 0 bridgehead atoms. The molecule has 1 saturated heterocycles. The topological polar surface area (TPSA) is 35.5 Å². The Morgan fingerprint density at radius 3 is 2.88 bits per heavy atom. The summed E-state index contributed by atoms with van der Waals surface area (Å²) in [6, 6.07) is 0. The molecule has 1 heterocycles. The summed E-state index contributed by atoms with van der Waals surface area (Å²) in [6.45, 7) is 2.31. The molecule has 2 rings (SSSR count). The molecule has 2 atom stereocenters. The van der Waals surface area contributed by atoms with Gasteiger partial charge in [0.1, 0.15) is 5.78 Å². The summed E-state index contributed by atoms with van der Waals surface area (Å²) in [4.78, 5) is 11.4. The predicted octanol–water partition coefficient (Wildman–Crippen LogP) is 2.33. The minimum atomic E-state index is 0.285. The van der Waals surface area contributed by atoms with Gasteiger partial charge in [0.25, 0.3) is 0 Å². The molecule has 2 unspecified atom stereocenters. The number of Topliss-reactive ketones (excluding diaryl/α,β-unsaturated/α-hetero) is 1. The molecule has 16 heavy (non-hydrogen) atoms. The molecule has 3 heteroatoms. The van der Waals surface area contributed by atoms with E-state index < -0.39 is 0 Å². The number of hydrogen-bond acceptors (Lipinski definition) is 3. The summed E-state index contributed by atoms with van der Waals surface area (Å²) in [5.41, 5.74) is 0. The lowest BCUT2D eigenvalue weighted by Crippen LogP contribution is -2.25. The minimum Gasteiger partial charge on any atom is -0.379 e. The van der Waals surface area contributed by atoms with Gasteiger partial charge >= 0.3 is 0 Å². The molecular formula is C13H22O3. The van der Waals surface area contributed by atoms with Crippen LogP contribution >= 0.6 is 0 Å². The molecule has 1 aliphatic heterocycles. The van der Waals surface area contributed by atoms with E-state index in [0.29, 0.717) is 18.5 Å². The maximum atomic E-state index is 11.4. The number of carbonyl (C=O) groups excluding carboxylic acids is 1. The van der Waals surface area contributed by atoms with E-state index in [4.69, 9.17) is 9.47 Å². The Bertz CT molecular complexity index is 221. The van der Waals surface area contributed by atoms with Crippen molar-refractivity contribution >= 4 is 5.78 Å². The van der Waals surface area contributed by atoms with Crippen molar-refractivity contribution in [1.29, 1.82) is 0 Å². The maximum absolute atomic E-state index is 11.4. The fourth-order valence-electron chi connectivity index (χ4n) is 2.57. The zero-order chi connectivity index (χ0) is 11.2. The van der Waals surface area contributed by atoms with Gasteiger partial charge in [-0.25, -0.2) is 0 Å². The second-order valence-corrected chi connectivity index (χ2v) is 4.91. The fraction of sp³-hybridized carbons (Fsp3) is 0.923. The van der Waals surface area contributed by atoms with Crippen LogP contribution in [-0.4, -0.2) is 31.7 Å². The molecule has 3 nitrogen and oxygen atoms in total. The van der Waals surface area contributed by atoms with Crippen LogP contribution in [0.2, 0.25) is 0 Å². The maximum Gasteiger partial charge on any atom is 0.136 e. The van der Waals surface area contributed by atoms with Crippen molar-refractivity contribution < 1.29 is 14.3 Å². The monoisotopic (exact) mass is 226 g/mol. The van der Waals surface area contributed by atoms with E-state index in [2.05, 4.69) is 0 Å². The van der Waals surface area contributed by atoms with Gasteiger partial charge in [0.15, 0.2) is 0 Å². The normalized spacial score (nSPS) is 30.9. The Morgan fingerprint density at radius 2 is 2.19 bits per heavy atom. The van der Waals surface area contributed by atoms with Crippen molar-refractivity contribution in [2.24, 2.45) is 5.92 Å². The lowest BCUT2D eigenvalue weighted by atomic mass is 10.0. The molecule has 0 radical (unpaired) electrons. The lowest BCUT2D eigenvalue weighted by molar-refractivity contribution is -0.121. The van der Waals surface area contributed by atoms with Gasteiger partial charge in [-0.15, -0.1) is 0 Å². The minimum absolute atomic E-state index is 0.285. The highest BCUT2D eigenvalue weighted by molar-refractivity contribution is 5.82. The standard InChI is InChI=1S/C13H22O3/c14-13-6-3-4-11(13)7-9-15-10-12-5-1-2-8-16-12/h11-12H,1-10H2. The second kappa shape index (κ2) is 6.36. The fourth-order valence-corrected chi connectivity index (χ4v) is 2.57. The van der Waals surface area contributed by atoms with Crippen molar-refractivity contribution in [3.8, 4) is 0 Å². The average Bonchev–Trinajstić information content (AvgIpc) is 2.72. The zero-order valence-electron chi connectivity index (χ0n) is 9.95. The zero-order valence-corrected chi connectivity index (χ0v) is 9.95. The number of ketones is 1. The summed E-state index contributed by atoms with van der Waals surface area (Å²) < 4.78 is 11.2. The van der Waals surface area contributed by atoms with E-state index in [-0.39, 0.29) is 5.92 Å². The van der Waals surface area contributed by atoms with Crippen LogP contribution in [0.3, 0.4) is 0 Å². The van der Waals surface area contributed by atoms with Gasteiger partial charge in [-0.3, -0.25) is 4.79 Å². The highest BCUT2D eigenvalue weighted by atomic mass is 16.5. The van der Waals surface area contributed by atoms with Gasteiger partial charge in [0, 0.05) is 25.6 Å². The first-order valence-corrected chi connectivity index (χ1v) is 6.58. The second-order valence-electron chi connectivity index (χ2n) is 4.91. The molecule has 0 N–H and O–H groups in total. The van der Waals surface area contributed by atoms with Crippen LogP contribution in [0, 0.1) is 5.92 Å². The van der Waals surface area contributed by atoms with Crippen molar-refractivity contribution in [1.82, 2.24) is 0 Å². The Hall–Kier alpha value is -0.410. The Morgan fingerprint density at radius 1 is 1.25 bits per heavy atom. The SMILES string of the molecule is O=C1CCCC1CCOCC1CCCCO1. The van der Waals surface area contributed by atoms with E-state index in [0.717, 1.165) is 45.3 Å². The number of ether oxygens (including phenoxy) is 2. The van der Waals surface area contributed by atoms with Gasteiger partial charge in [0.2, 0.25) is 0 Å². The summed E-state index contributed by atoms with van der Waals surface area (Å²) in [5, 5.41) is 0. The van der Waals surface area contributed by atoms with Crippen LogP contribution in [0.4, 0.5) is 0 Å². The van der Waals surface area contributed by atoms with E-state index in [9.17, 15) is 4.79 Å². The molecule has 2 fully saturated rings. The van der Waals surface area contributed by atoms with Gasteiger partial charge in [-0.2, -0.15) is 0 Å². The summed E-state index contributed by atoms with van der Waals surface area (Å²) >= 11 is 0. The molecule has 0 aromatic rings. The van der Waals surface area contributed by atoms with Crippen molar-refractivity contribution in [3.05, 3.63) is 0 Å². The average molecular weight is 226 g/mol. The van der Waals surface area contributed by atoms with Crippen molar-refractivity contribution in [2.75, 3.05) is 19.8 Å². The first kappa shape index (κ1) is 12.1. The highest BCUT2D eigenvalue weighted by Crippen LogP contribution is 2.24. The van der Waals surface area contributed by atoms with E-state index in [1.807, 2.05) is 0 Å². The summed E-state index contributed by atoms with van der Waals surface area (Å²) in [6.07, 6.45) is 7.72. The van der Waals surface area contributed by atoms with E-state index in [1.54, 1.807) is 0 Å². The largest absolute Gasteiger partial charge is 0.379 e. The molecule has 2 aliphatic rings. The third kappa shape index (κ3) is 3.56. The van der Waals surface area contributed by atoms with Crippen LogP contribution in [-0.2, 0) is 14.3 Å². The summed E-state index contributed by atoms with van der Waals surface area (Å²) in [5.74, 6) is 0.727. The first-order valence-electron chi connectivity index (χ1n) is 6.58. The van der Waals surface area contributed by atoms with Crippen LogP contribution in [0.25, 0.3) is 0 Å². The molecule has 0 aromatic carbocycles. The Labute approximate surface area is 97.5 Å². The third-order valence-corrected chi connectivity index (χ3v) is 3.62. The quantitative estimate of drug-likeness (QED) is 0.675. The smallest absolute Gasteiger partial charge is 0.136 e. The van der Waals surface area contributed by atoms with Gasteiger partial charge < -0.3 is 9.47 Å². The number of rotatable bonds is 5. The van der Waals surface area contributed by atoms with Crippen molar-refractivity contribution in [3.63, 3.8) is 0 Å². The Balaban J connectivity index is 1.52. The van der Waals surface area contributed by atoms with Gasteiger partial charge in [-0.1, -0.05) is 0 Å². The highest BCUT2D eigenvalue weighted by Gasteiger charge is 2.23.